The van der Waals surface area contributed by atoms with E-state index in [1.165, 1.54) is 0 Å². The molecule has 1 aliphatic rings. The Kier molecular flexibility index (Phi) is 6.53. The highest BCUT2D eigenvalue weighted by molar-refractivity contribution is 7.92. The van der Waals surface area contributed by atoms with Gasteiger partial charge in [0.25, 0.3) is 10.0 Å². The van der Waals surface area contributed by atoms with Crippen molar-refractivity contribution in [2.75, 3.05) is 11.3 Å². The number of hydroxylamine groups is 1. The maximum Gasteiger partial charge on any atom is 0.261 e. The van der Waals surface area contributed by atoms with Crippen LogP contribution in [0, 0.1) is 6.92 Å². The molecule has 0 unspecified atom stereocenters. The largest absolute Gasteiger partial charge is 0.331 e. The molecule has 158 valence electrons. The molecule has 30 heavy (non-hydrogen) atoms. The molecule has 3 N–H and O–H groups in total. The molecule has 0 atom stereocenters. The minimum atomic E-state index is -3.67. The predicted molar refractivity (Wildman–Crippen MR) is 111 cm³/mol. The molecule has 3 rings (SSSR count). The van der Waals surface area contributed by atoms with Gasteiger partial charge < -0.3 is 4.90 Å². The Morgan fingerprint density at radius 1 is 1.10 bits per heavy atom. The number of benzene rings is 2. The van der Waals surface area contributed by atoms with Crippen molar-refractivity contribution < 1.29 is 23.2 Å². The molecule has 2 amide bonds. The van der Waals surface area contributed by atoms with E-state index in [2.05, 4.69) is 4.72 Å². The summed E-state index contributed by atoms with van der Waals surface area (Å²) in [6.07, 6.45) is 2.08. The first kappa shape index (κ1) is 21.5. The summed E-state index contributed by atoms with van der Waals surface area (Å²) in [5.74, 6) is -0.685. The second-order valence-electron chi connectivity index (χ2n) is 7.07. The van der Waals surface area contributed by atoms with Crippen molar-refractivity contribution in [1.29, 1.82) is 0 Å². The Balaban J connectivity index is 1.58. The number of anilines is 1. The molecule has 0 bridgehead atoms. The maximum atomic E-state index is 12.5. The minimum Gasteiger partial charge on any atom is -0.331 e. The van der Waals surface area contributed by atoms with Crippen LogP contribution in [0.1, 0.15) is 24.0 Å². The molecule has 0 aromatic heterocycles. The molecule has 1 aliphatic heterocycles. The smallest absolute Gasteiger partial charge is 0.261 e. The Morgan fingerprint density at radius 2 is 1.77 bits per heavy atom. The Morgan fingerprint density at radius 3 is 2.40 bits per heavy atom. The van der Waals surface area contributed by atoms with Crippen LogP contribution in [0.25, 0.3) is 0 Å². The van der Waals surface area contributed by atoms with E-state index in [0.29, 0.717) is 24.4 Å². The van der Waals surface area contributed by atoms with E-state index in [9.17, 15) is 18.0 Å². The molecule has 0 spiro atoms. The first-order valence-corrected chi connectivity index (χ1v) is 10.9. The lowest BCUT2D eigenvalue weighted by Crippen LogP contribution is -2.27. The third-order valence-electron chi connectivity index (χ3n) is 4.78. The van der Waals surface area contributed by atoms with Crippen LogP contribution in [0.2, 0.25) is 0 Å². The summed E-state index contributed by atoms with van der Waals surface area (Å²) in [6.45, 7) is 2.70. The summed E-state index contributed by atoms with van der Waals surface area (Å²) in [7, 11) is -3.67. The summed E-state index contributed by atoms with van der Waals surface area (Å²) >= 11 is 0. The zero-order valence-electron chi connectivity index (χ0n) is 16.5. The van der Waals surface area contributed by atoms with Crippen LogP contribution in [0.5, 0.6) is 0 Å². The van der Waals surface area contributed by atoms with Crippen molar-refractivity contribution in [3.63, 3.8) is 0 Å². The fourth-order valence-electron chi connectivity index (χ4n) is 3.07. The Labute approximate surface area is 175 Å². The maximum absolute atomic E-state index is 12.5. The Bertz CT molecular complexity index is 1060. The number of rotatable bonds is 8. The van der Waals surface area contributed by atoms with Gasteiger partial charge in [0.15, 0.2) is 0 Å². The third-order valence-corrected chi connectivity index (χ3v) is 6.17. The average Bonchev–Trinajstić information content (AvgIpc) is 3.07. The second kappa shape index (κ2) is 9.10. The highest BCUT2D eigenvalue weighted by Crippen LogP contribution is 2.21. The quantitative estimate of drug-likeness (QED) is 0.440. The van der Waals surface area contributed by atoms with E-state index in [1.807, 2.05) is 6.92 Å². The number of nitrogens with one attached hydrogen (secondary N) is 2. The van der Waals surface area contributed by atoms with Gasteiger partial charge in [-0.2, -0.15) is 0 Å². The molecule has 8 nitrogen and oxygen atoms in total. The standard InChI is InChI=1S/C21H23N3O5S/c1-15-2-9-19(10-3-15)30(28,29)23-18-7-4-16(5-8-18)14-24-13-12-17(21(24)26)6-11-20(25)22-27/h2-5,7-10,12,23,27H,6,11,13-14H2,1H3,(H,22,25). The van der Waals surface area contributed by atoms with Gasteiger partial charge in [-0.15, -0.1) is 0 Å². The minimum absolute atomic E-state index is 0.0394. The topological polar surface area (TPSA) is 116 Å². The van der Waals surface area contributed by atoms with Gasteiger partial charge in [-0.25, -0.2) is 13.9 Å². The first-order chi connectivity index (χ1) is 14.3. The summed E-state index contributed by atoms with van der Waals surface area (Å²) in [5, 5.41) is 8.53. The fraction of sp³-hybridized carbons (Fsp3) is 0.238. The van der Waals surface area contributed by atoms with Gasteiger partial charge in [0, 0.05) is 30.8 Å². The van der Waals surface area contributed by atoms with E-state index < -0.39 is 15.9 Å². The lowest BCUT2D eigenvalue weighted by Gasteiger charge is -2.17. The monoisotopic (exact) mass is 429 g/mol. The lowest BCUT2D eigenvalue weighted by molar-refractivity contribution is -0.129. The van der Waals surface area contributed by atoms with Crippen LogP contribution in [0.15, 0.2) is 65.1 Å². The van der Waals surface area contributed by atoms with Crippen LogP contribution >= 0.6 is 0 Å². The second-order valence-corrected chi connectivity index (χ2v) is 8.75. The van der Waals surface area contributed by atoms with Gasteiger partial charge in [-0.1, -0.05) is 35.9 Å². The number of amides is 2. The molecule has 2 aromatic rings. The lowest BCUT2D eigenvalue weighted by atomic mass is 10.1. The molecule has 0 fully saturated rings. The number of nitrogens with zero attached hydrogens (tertiary/aromatic N) is 1. The number of carbonyl (C=O) groups is 2. The molecular weight excluding hydrogens is 406 g/mol. The molecule has 0 saturated carbocycles. The van der Waals surface area contributed by atoms with Gasteiger partial charge in [0.05, 0.1) is 4.90 Å². The summed E-state index contributed by atoms with van der Waals surface area (Å²) in [6, 6.07) is 13.4. The van der Waals surface area contributed by atoms with E-state index in [-0.39, 0.29) is 23.6 Å². The normalized spacial score (nSPS) is 13.9. The van der Waals surface area contributed by atoms with Gasteiger partial charge in [0.1, 0.15) is 0 Å². The van der Waals surface area contributed by atoms with Crippen LogP contribution < -0.4 is 10.2 Å². The Hall–Kier alpha value is -3.17. The molecule has 2 aromatic carbocycles. The molecule has 0 aliphatic carbocycles. The highest BCUT2D eigenvalue weighted by atomic mass is 32.2. The highest BCUT2D eigenvalue weighted by Gasteiger charge is 2.24. The third kappa shape index (κ3) is 5.25. The molecule has 0 saturated heterocycles. The van der Waals surface area contributed by atoms with Gasteiger partial charge in [-0.3, -0.25) is 19.5 Å². The fourth-order valence-corrected chi connectivity index (χ4v) is 4.13. The number of carbonyl (C=O) groups excluding carboxylic acids is 2. The van der Waals surface area contributed by atoms with Crippen molar-refractivity contribution in [2.45, 2.75) is 31.2 Å². The van der Waals surface area contributed by atoms with Gasteiger partial charge in [0.2, 0.25) is 11.8 Å². The number of hydrogen-bond acceptors (Lipinski definition) is 5. The summed E-state index contributed by atoms with van der Waals surface area (Å²) in [5.41, 5.74) is 4.35. The van der Waals surface area contributed by atoms with Crippen LogP contribution in [0.3, 0.4) is 0 Å². The molecular formula is C21H23N3O5S. The van der Waals surface area contributed by atoms with E-state index in [4.69, 9.17) is 5.21 Å². The van der Waals surface area contributed by atoms with E-state index in [1.54, 1.807) is 65.0 Å². The van der Waals surface area contributed by atoms with Crippen molar-refractivity contribution in [3.05, 3.63) is 71.3 Å². The van der Waals surface area contributed by atoms with Gasteiger partial charge in [-0.05, 0) is 43.2 Å². The number of aryl methyl sites for hydroxylation is 1. The summed E-state index contributed by atoms with van der Waals surface area (Å²) in [4.78, 5) is 25.4. The number of sulfonamides is 1. The zero-order valence-corrected chi connectivity index (χ0v) is 17.3. The van der Waals surface area contributed by atoms with Crippen LogP contribution in [-0.4, -0.2) is 36.9 Å². The van der Waals surface area contributed by atoms with Crippen molar-refractivity contribution in [2.24, 2.45) is 0 Å². The van der Waals surface area contributed by atoms with Crippen LogP contribution in [-0.2, 0) is 26.2 Å². The molecule has 0 radical (unpaired) electrons. The van der Waals surface area contributed by atoms with Gasteiger partial charge >= 0.3 is 0 Å². The van der Waals surface area contributed by atoms with Crippen LogP contribution in [0.4, 0.5) is 5.69 Å². The predicted octanol–water partition coefficient (Wildman–Crippen LogP) is 2.35. The van der Waals surface area contributed by atoms with E-state index >= 15 is 0 Å². The van der Waals surface area contributed by atoms with E-state index in [0.717, 1.165) is 11.1 Å². The first-order valence-electron chi connectivity index (χ1n) is 9.38. The summed E-state index contributed by atoms with van der Waals surface area (Å²) < 4.78 is 27.5. The molecule has 1 heterocycles. The average molecular weight is 429 g/mol. The van der Waals surface area contributed by atoms with Crippen molar-refractivity contribution >= 4 is 27.5 Å². The molecule has 9 heteroatoms. The number of hydrogen-bond donors (Lipinski definition) is 3. The van der Waals surface area contributed by atoms with Crippen molar-refractivity contribution in [3.8, 4) is 0 Å². The van der Waals surface area contributed by atoms with Crippen molar-refractivity contribution in [1.82, 2.24) is 10.4 Å². The SMILES string of the molecule is Cc1ccc(S(=O)(=O)Nc2ccc(CN3CC=C(CCC(=O)NO)C3=O)cc2)cc1. The zero-order chi connectivity index (χ0) is 21.7.